The molecule has 3 heteroatoms. The van der Waals surface area contributed by atoms with E-state index in [1.807, 2.05) is 6.92 Å². The average Bonchev–Trinajstić information content (AvgIpc) is 2.13. The van der Waals surface area contributed by atoms with Gasteiger partial charge in [-0.15, -0.1) is 0 Å². The van der Waals surface area contributed by atoms with Gasteiger partial charge in [0.1, 0.15) is 0 Å². The van der Waals surface area contributed by atoms with Crippen LogP contribution in [-0.4, -0.2) is 18.5 Å². The minimum absolute atomic E-state index is 0.522. The highest BCUT2D eigenvalue weighted by molar-refractivity contribution is 5.78. The minimum atomic E-state index is 0.522. The molecule has 0 aromatic rings. The predicted molar refractivity (Wildman–Crippen MR) is 61.3 cm³/mol. The van der Waals surface area contributed by atoms with Gasteiger partial charge in [0.15, 0.2) is 5.96 Å². The van der Waals surface area contributed by atoms with Crippen LogP contribution in [0.1, 0.15) is 40.0 Å². The normalized spacial score (nSPS) is 34.2. The fraction of sp³-hybridized carbons (Fsp3) is 0.909. The summed E-state index contributed by atoms with van der Waals surface area (Å²) >= 11 is 0. The lowest BCUT2D eigenvalue weighted by atomic mass is 9.78. The molecule has 1 fully saturated rings. The van der Waals surface area contributed by atoms with Crippen molar-refractivity contribution in [1.82, 2.24) is 5.32 Å². The maximum absolute atomic E-state index is 5.76. The van der Waals surface area contributed by atoms with Gasteiger partial charge >= 0.3 is 0 Å². The Balaban J connectivity index is 2.47. The lowest BCUT2D eigenvalue weighted by molar-refractivity contribution is 0.224. The van der Waals surface area contributed by atoms with E-state index in [2.05, 4.69) is 24.2 Å². The number of nitrogens with one attached hydrogen (secondary N) is 1. The van der Waals surface area contributed by atoms with Crippen LogP contribution in [-0.2, 0) is 0 Å². The van der Waals surface area contributed by atoms with E-state index in [0.29, 0.717) is 17.9 Å². The molecule has 3 N–H and O–H groups in total. The summed E-state index contributed by atoms with van der Waals surface area (Å²) in [6.07, 6.45) is 3.89. The first-order valence-corrected chi connectivity index (χ1v) is 5.71. The number of nitrogens with two attached hydrogens (primary N) is 1. The molecule has 0 heterocycles. The first kappa shape index (κ1) is 11.3. The van der Waals surface area contributed by atoms with E-state index in [-0.39, 0.29) is 0 Å². The summed E-state index contributed by atoms with van der Waals surface area (Å²) in [5.74, 6) is 2.11. The van der Waals surface area contributed by atoms with Crippen LogP contribution in [0.2, 0.25) is 0 Å². The van der Waals surface area contributed by atoms with Crippen molar-refractivity contribution in [2.75, 3.05) is 6.54 Å². The molecule has 0 radical (unpaired) electrons. The standard InChI is InChI=1S/C11H23N3/c1-4-13-11(12)14-10-7-5-6-8(2)9(10)3/h8-10H,4-7H2,1-3H3,(H3,12,13,14). The molecule has 3 atom stereocenters. The molecule has 3 unspecified atom stereocenters. The number of hydrogen-bond acceptors (Lipinski definition) is 1. The Labute approximate surface area is 87.2 Å². The SMILES string of the molecule is CCN=C(N)NC1CCCC(C)C1C. The molecule has 1 rings (SSSR count). The molecular formula is C11H23N3. The highest BCUT2D eigenvalue weighted by atomic mass is 15.1. The summed E-state index contributed by atoms with van der Waals surface area (Å²) in [4.78, 5) is 4.16. The molecule has 0 saturated heterocycles. The van der Waals surface area contributed by atoms with Gasteiger partial charge in [-0.2, -0.15) is 0 Å². The molecule has 0 bridgehead atoms. The van der Waals surface area contributed by atoms with Crippen LogP contribution in [0, 0.1) is 11.8 Å². The summed E-state index contributed by atoms with van der Waals surface area (Å²) in [6, 6.07) is 0.522. The van der Waals surface area contributed by atoms with E-state index >= 15 is 0 Å². The molecule has 0 aromatic heterocycles. The van der Waals surface area contributed by atoms with Crippen molar-refractivity contribution in [1.29, 1.82) is 0 Å². The summed E-state index contributed by atoms with van der Waals surface area (Å²) in [5.41, 5.74) is 5.76. The van der Waals surface area contributed by atoms with Gasteiger partial charge in [0.25, 0.3) is 0 Å². The van der Waals surface area contributed by atoms with Crippen LogP contribution in [0.25, 0.3) is 0 Å². The van der Waals surface area contributed by atoms with Crippen molar-refractivity contribution in [3.63, 3.8) is 0 Å². The first-order chi connectivity index (χ1) is 6.65. The largest absolute Gasteiger partial charge is 0.370 e. The van der Waals surface area contributed by atoms with E-state index in [4.69, 9.17) is 5.73 Å². The molecule has 0 aromatic carbocycles. The fourth-order valence-corrected chi connectivity index (χ4v) is 2.19. The van der Waals surface area contributed by atoms with Crippen LogP contribution < -0.4 is 11.1 Å². The smallest absolute Gasteiger partial charge is 0.188 e. The van der Waals surface area contributed by atoms with Crippen LogP contribution in [0.5, 0.6) is 0 Å². The lowest BCUT2D eigenvalue weighted by Crippen LogP contribution is -2.46. The molecule has 1 aliphatic carbocycles. The highest BCUT2D eigenvalue weighted by Crippen LogP contribution is 2.29. The number of nitrogens with zero attached hydrogens (tertiary/aromatic N) is 1. The summed E-state index contributed by atoms with van der Waals surface area (Å²) in [7, 11) is 0. The van der Waals surface area contributed by atoms with Gasteiger partial charge in [-0.1, -0.05) is 26.7 Å². The van der Waals surface area contributed by atoms with Crippen molar-refractivity contribution in [3.8, 4) is 0 Å². The average molecular weight is 197 g/mol. The van der Waals surface area contributed by atoms with E-state index in [1.54, 1.807) is 0 Å². The van der Waals surface area contributed by atoms with Crippen LogP contribution in [0.3, 0.4) is 0 Å². The van der Waals surface area contributed by atoms with Gasteiger partial charge in [0, 0.05) is 12.6 Å². The number of guanidine groups is 1. The van der Waals surface area contributed by atoms with E-state index < -0.39 is 0 Å². The summed E-state index contributed by atoms with van der Waals surface area (Å²) in [6.45, 7) is 7.39. The molecule has 1 saturated carbocycles. The highest BCUT2D eigenvalue weighted by Gasteiger charge is 2.26. The van der Waals surface area contributed by atoms with Gasteiger partial charge in [-0.05, 0) is 25.2 Å². The fourth-order valence-electron chi connectivity index (χ4n) is 2.19. The summed E-state index contributed by atoms with van der Waals surface area (Å²) < 4.78 is 0. The molecule has 14 heavy (non-hydrogen) atoms. The third kappa shape index (κ3) is 2.89. The van der Waals surface area contributed by atoms with Gasteiger partial charge in [-0.3, -0.25) is 4.99 Å². The summed E-state index contributed by atoms with van der Waals surface area (Å²) in [5, 5.41) is 3.33. The second-order valence-electron chi connectivity index (χ2n) is 4.38. The zero-order chi connectivity index (χ0) is 10.6. The van der Waals surface area contributed by atoms with Gasteiger partial charge in [0.2, 0.25) is 0 Å². The zero-order valence-electron chi connectivity index (χ0n) is 9.59. The molecule has 0 spiro atoms. The van der Waals surface area contributed by atoms with Crippen LogP contribution in [0.15, 0.2) is 4.99 Å². The Hall–Kier alpha value is -0.730. The Kier molecular flexibility index (Phi) is 4.23. The van der Waals surface area contributed by atoms with Crippen molar-refractivity contribution in [2.45, 2.75) is 46.1 Å². The topological polar surface area (TPSA) is 50.4 Å². The van der Waals surface area contributed by atoms with Crippen molar-refractivity contribution < 1.29 is 0 Å². The van der Waals surface area contributed by atoms with E-state index in [0.717, 1.165) is 12.5 Å². The minimum Gasteiger partial charge on any atom is -0.370 e. The molecule has 0 amide bonds. The third-order valence-electron chi connectivity index (χ3n) is 3.37. The Morgan fingerprint density at radius 1 is 1.43 bits per heavy atom. The second kappa shape index (κ2) is 5.23. The Morgan fingerprint density at radius 2 is 2.14 bits per heavy atom. The predicted octanol–water partition coefficient (Wildman–Crippen LogP) is 1.74. The van der Waals surface area contributed by atoms with Crippen molar-refractivity contribution in [2.24, 2.45) is 22.6 Å². The van der Waals surface area contributed by atoms with E-state index in [9.17, 15) is 0 Å². The van der Waals surface area contributed by atoms with Crippen LogP contribution >= 0.6 is 0 Å². The second-order valence-corrected chi connectivity index (χ2v) is 4.38. The monoisotopic (exact) mass is 197 g/mol. The van der Waals surface area contributed by atoms with Gasteiger partial charge in [0.05, 0.1) is 0 Å². The molecule has 1 aliphatic rings. The molecule has 3 nitrogen and oxygen atoms in total. The quantitative estimate of drug-likeness (QED) is 0.523. The molecule has 82 valence electrons. The lowest BCUT2D eigenvalue weighted by Gasteiger charge is -2.34. The molecular weight excluding hydrogens is 174 g/mol. The third-order valence-corrected chi connectivity index (χ3v) is 3.37. The molecule has 0 aliphatic heterocycles. The maximum atomic E-state index is 5.76. The Morgan fingerprint density at radius 3 is 2.79 bits per heavy atom. The Bertz CT molecular complexity index is 201. The number of aliphatic imine (C=N–C) groups is 1. The van der Waals surface area contributed by atoms with Gasteiger partial charge in [-0.25, -0.2) is 0 Å². The van der Waals surface area contributed by atoms with Crippen LogP contribution in [0.4, 0.5) is 0 Å². The van der Waals surface area contributed by atoms with E-state index in [1.165, 1.54) is 19.3 Å². The van der Waals surface area contributed by atoms with Gasteiger partial charge < -0.3 is 11.1 Å². The number of rotatable bonds is 2. The zero-order valence-corrected chi connectivity index (χ0v) is 9.59. The van der Waals surface area contributed by atoms with Crippen molar-refractivity contribution in [3.05, 3.63) is 0 Å². The maximum Gasteiger partial charge on any atom is 0.188 e. The number of hydrogen-bond donors (Lipinski definition) is 2. The van der Waals surface area contributed by atoms with Crippen molar-refractivity contribution >= 4 is 5.96 Å². The first-order valence-electron chi connectivity index (χ1n) is 5.71.